The molecule has 2 aromatic rings. The van der Waals surface area contributed by atoms with Crippen LogP contribution in [-0.2, 0) is 15.7 Å². The first-order valence-electron chi connectivity index (χ1n) is 8.11. The fraction of sp³-hybridized carbons (Fsp3) is 0.250. The Morgan fingerprint density at radius 3 is 2.50 bits per heavy atom. The normalized spacial score (nSPS) is 20.6. The zero-order valence-corrected chi connectivity index (χ0v) is 14.3. The summed E-state index contributed by atoms with van der Waals surface area (Å²) in [6.07, 6.45) is -2.76. The summed E-state index contributed by atoms with van der Waals surface area (Å²) in [4.78, 5) is 12.5. The number of hydrogen-bond acceptors (Lipinski definition) is 3. The van der Waals surface area contributed by atoms with Crippen molar-refractivity contribution in [3.63, 3.8) is 0 Å². The molecule has 3 nitrogen and oxygen atoms in total. The lowest BCUT2D eigenvalue weighted by Crippen LogP contribution is -2.40. The van der Waals surface area contributed by atoms with Gasteiger partial charge in [-0.3, -0.25) is 0 Å². The number of ether oxygens (including phenoxy) is 2. The lowest BCUT2D eigenvalue weighted by Gasteiger charge is -2.23. The number of esters is 1. The molecule has 26 heavy (non-hydrogen) atoms. The minimum Gasteiger partial charge on any atom is -0.470 e. The number of carbonyl (C=O) groups is 1. The van der Waals surface area contributed by atoms with E-state index in [0.717, 1.165) is 17.7 Å². The van der Waals surface area contributed by atoms with Crippen LogP contribution in [-0.4, -0.2) is 18.2 Å². The molecule has 0 aromatic heterocycles. The Labute approximate surface area is 149 Å². The van der Waals surface area contributed by atoms with E-state index >= 15 is 0 Å². The molecule has 1 aliphatic heterocycles. The summed E-state index contributed by atoms with van der Waals surface area (Å²) in [6.45, 7) is 3.30. The predicted octanol–water partition coefficient (Wildman–Crippen LogP) is 4.96. The van der Waals surface area contributed by atoms with Crippen LogP contribution in [0.15, 0.2) is 48.5 Å². The smallest absolute Gasteiger partial charge is 0.416 e. The van der Waals surface area contributed by atoms with Crippen molar-refractivity contribution in [1.29, 1.82) is 0 Å². The highest BCUT2D eigenvalue weighted by molar-refractivity contribution is 6.05. The molecule has 6 heteroatoms. The summed E-state index contributed by atoms with van der Waals surface area (Å²) in [5.41, 5.74) is -0.639. The second-order valence-corrected chi connectivity index (χ2v) is 6.03. The summed E-state index contributed by atoms with van der Waals surface area (Å²) in [5.74, 6) is -0.635. The fourth-order valence-corrected chi connectivity index (χ4v) is 2.89. The second-order valence-electron chi connectivity index (χ2n) is 6.03. The van der Waals surface area contributed by atoms with E-state index in [0.29, 0.717) is 11.1 Å². The first-order valence-corrected chi connectivity index (χ1v) is 8.11. The van der Waals surface area contributed by atoms with Gasteiger partial charge in [-0.2, -0.15) is 13.2 Å². The van der Waals surface area contributed by atoms with Gasteiger partial charge in [-0.1, -0.05) is 36.4 Å². The predicted molar refractivity (Wildman–Crippen MR) is 91.4 cm³/mol. The monoisotopic (exact) mass is 362 g/mol. The van der Waals surface area contributed by atoms with Crippen LogP contribution in [0.4, 0.5) is 13.2 Å². The third kappa shape index (κ3) is 3.19. The van der Waals surface area contributed by atoms with Crippen molar-refractivity contribution in [3.05, 3.63) is 65.2 Å². The molecule has 1 atom stereocenters. The molecule has 0 saturated heterocycles. The Bertz CT molecular complexity index is 856. The van der Waals surface area contributed by atoms with E-state index in [4.69, 9.17) is 9.47 Å². The van der Waals surface area contributed by atoms with Crippen molar-refractivity contribution >= 4 is 17.6 Å². The van der Waals surface area contributed by atoms with E-state index in [1.54, 1.807) is 13.0 Å². The molecule has 1 aliphatic rings. The van der Waals surface area contributed by atoms with Crippen LogP contribution >= 0.6 is 0 Å². The van der Waals surface area contributed by atoms with Crippen molar-refractivity contribution in [2.75, 3.05) is 6.61 Å². The summed E-state index contributed by atoms with van der Waals surface area (Å²) >= 11 is 0. The molecule has 0 saturated carbocycles. The summed E-state index contributed by atoms with van der Waals surface area (Å²) in [7, 11) is 0. The van der Waals surface area contributed by atoms with Gasteiger partial charge in [0.15, 0.2) is 0 Å². The SMILES string of the molecule is CCOC(=O)[C@@]1(C)Oc2cc(C(F)(F)F)ccc2/C1=C/c1ccccc1. The number of halogens is 3. The van der Waals surface area contributed by atoms with Gasteiger partial charge in [-0.05, 0) is 37.6 Å². The Kier molecular flexibility index (Phi) is 4.52. The highest BCUT2D eigenvalue weighted by Crippen LogP contribution is 2.47. The van der Waals surface area contributed by atoms with Crippen molar-refractivity contribution in [2.45, 2.75) is 25.6 Å². The maximum absolute atomic E-state index is 13.0. The zero-order chi connectivity index (χ0) is 18.9. The molecule has 0 aliphatic carbocycles. The number of benzene rings is 2. The Balaban J connectivity index is 2.14. The van der Waals surface area contributed by atoms with Crippen LogP contribution in [0, 0.1) is 0 Å². The number of alkyl halides is 3. The van der Waals surface area contributed by atoms with Crippen molar-refractivity contribution in [3.8, 4) is 5.75 Å². The van der Waals surface area contributed by atoms with Crippen LogP contribution in [0.25, 0.3) is 11.6 Å². The number of fused-ring (bicyclic) bond motifs is 1. The third-order valence-corrected chi connectivity index (χ3v) is 4.20. The van der Waals surface area contributed by atoms with Crippen LogP contribution < -0.4 is 4.74 Å². The third-order valence-electron chi connectivity index (χ3n) is 4.20. The Morgan fingerprint density at radius 2 is 1.88 bits per heavy atom. The molecular weight excluding hydrogens is 345 g/mol. The second kappa shape index (κ2) is 6.52. The van der Waals surface area contributed by atoms with E-state index in [-0.39, 0.29) is 12.4 Å². The van der Waals surface area contributed by atoms with Crippen molar-refractivity contribution < 1.29 is 27.4 Å². The van der Waals surface area contributed by atoms with Crippen molar-refractivity contribution in [2.24, 2.45) is 0 Å². The first kappa shape index (κ1) is 18.0. The molecule has 0 unspecified atom stereocenters. The van der Waals surface area contributed by atoms with E-state index in [1.807, 2.05) is 30.3 Å². The quantitative estimate of drug-likeness (QED) is 0.724. The van der Waals surface area contributed by atoms with Gasteiger partial charge >= 0.3 is 12.1 Å². The van der Waals surface area contributed by atoms with Gasteiger partial charge in [0.05, 0.1) is 12.2 Å². The average molecular weight is 362 g/mol. The topological polar surface area (TPSA) is 35.5 Å². The lowest BCUT2D eigenvalue weighted by atomic mass is 9.90. The van der Waals surface area contributed by atoms with Gasteiger partial charge in [-0.25, -0.2) is 4.79 Å². The van der Waals surface area contributed by atoms with Gasteiger partial charge in [-0.15, -0.1) is 0 Å². The van der Waals surface area contributed by atoms with Crippen LogP contribution in [0.2, 0.25) is 0 Å². The van der Waals surface area contributed by atoms with Gasteiger partial charge in [0.25, 0.3) is 0 Å². The largest absolute Gasteiger partial charge is 0.470 e. The zero-order valence-electron chi connectivity index (χ0n) is 14.3. The van der Waals surface area contributed by atoms with Crippen LogP contribution in [0.5, 0.6) is 5.75 Å². The fourth-order valence-electron chi connectivity index (χ4n) is 2.89. The lowest BCUT2D eigenvalue weighted by molar-refractivity contribution is -0.154. The number of hydrogen-bond donors (Lipinski definition) is 0. The molecule has 1 heterocycles. The summed E-state index contributed by atoms with van der Waals surface area (Å²) in [5, 5.41) is 0. The highest BCUT2D eigenvalue weighted by Gasteiger charge is 2.48. The average Bonchev–Trinajstić information content (AvgIpc) is 2.88. The number of rotatable bonds is 3. The molecule has 0 spiro atoms. The molecule has 3 rings (SSSR count). The van der Waals surface area contributed by atoms with Gasteiger partial charge < -0.3 is 9.47 Å². The molecule has 0 fully saturated rings. The van der Waals surface area contributed by atoms with E-state index < -0.39 is 23.3 Å². The first-order chi connectivity index (χ1) is 12.3. The minimum absolute atomic E-state index is 0.0116. The van der Waals surface area contributed by atoms with Crippen LogP contribution in [0.3, 0.4) is 0 Å². The molecule has 136 valence electrons. The molecule has 0 amide bonds. The molecule has 0 bridgehead atoms. The molecular formula is C20H17F3O3. The van der Waals surface area contributed by atoms with E-state index in [9.17, 15) is 18.0 Å². The highest BCUT2D eigenvalue weighted by atomic mass is 19.4. The Morgan fingerprint density at radius 1 is 1.19 bits per heavy atom. The van der Waals surface area contributed by atoms with Gasteiger partial charge in [0, 0.05) is 11.1 Å². The molecule has 0 N–H and O–H groups in total. The summed E-state index contributed by atoms with van der Waals surface area (Å²) in [6, 6.07) is 12.4. The maximum Gasteiger partial charge on any atom is 0.416 e. The van der Waals surface area contributed by atoms with E-state index in [2.05, 4.69) is 0 Å². The summed E-state index contributed by atoms with van der Waals surface area (Å²) < 4.78 is 49.8. The maximum atomic E-state index is 13.0. The van der Waals surface area contributed by atoms with Gasteiger partial charge in [0.2, 0.25) is 5.60 Å². The van der Waals surface area contributed by atoms with Crippen molar-refractivity contribution in [1.82, 2.24) is 0 Å². The molecule has 0 radical (unpaired) electrons. The van der Waals surface area contributed by atoms with Gasteiger partial charge in [0.1, 0.15) is 5.75 Å². The number of carbonyl (C=O) groups excluding carboxylic acids is 1. The van der Waals surface area contributed by atoms with Crippen LogP contribution in [0.1, 0.15) is 30.5 Å². The van der Waals surface area contributed by atoms with E-state index in [1.165, 1.54) is 13.0 Å². The Hall–Kier alpha value is -2.76. The standard InChI is InChI=1S/C20H17F3O3/c1-3-25-18(24)19(2)16(11-13-7-5-4-6-8-13)15-10-9-14(20(21,22)23)12-17(15)26-19/h4-12H,3H2,1-2H3/b16-11-/t19-/m0/s1. The minimum atomic E-state index is -4.50. The molecule has 2 aromatic carbocycles.